The summed E-state index contributed by atoms with van der Waals surface area (Å²) in [6, 6.07) is 5.82. The van der Waals surface area contributed by atoms with Gasteiger partial charge in [-0.2, -0.15) is 9.36 Å². The number of methoxy groups -OCH3 is 2. The maximum Gasteiger partial charge on any atom is 0.239 e. The number of hydrogen-bond donors (Lipinski definition) is 1. The van der Waals surface area contributed by atoms with Crippen LogP contribution in [0.2, 0.25) is 0 Å². The predicted molar refractivity (Wildman–Crippen MR) is 89.8 cm³/mol. The lowest BCUT2D eigenvalue weighted by molar-refractivity contribution is 0.122. The normalized spacial score (nSPS) is 14.6. The molecule has 0 radical (unpaired) electrons. The molecule has 1 aromatic carbocycles. The van der Waals surface area contributed by atoms with E-state index in [-0.39, 0.29) is 0 Å². The molecule has 0 aliphatic carbocycles. The van der Waals surface area contributed by atoms with Crippen LogP contribution < -0.4 is 19.7 Å². The predicted octanol–water partition coefficient (Wildman–Crippen LogP) is 2.00. The van der Waals surface area contributed by atoms with Crippen molar-refractivity contribution in [1.82, 2.24) is 9.36 Å². The Balaban J connectivity index is 1.66. The van der Waals surface area contributed by atoms with Crippen molar-refractivity contribution in [2.45, 2.75) is 6.54 Å². The molecule has 0 spiro atoms. The molecule has 0 unspecified atom stereocenters. The summed E-state index contributed by atoms with van der Waals surface area (Å²) in [7, 11) is 3.28. The van der Waals surface area contributed by atoms with Gasteiger partial charge in [0.05, 0.1) is 27.4 Å². The molecular weight excluding hydrogens is 316 g/mol. The average Bonchev–Trinajstić information content (AvgIpc) is 3.09. The molecule has 3 rings (SSSR count). The van der Waals surface area contributed by atoms with Crippen molar-refractivity contribution in [3.05, 3.63) is 23.8 Å². The van der Waals surface area contributed by atoms with Gasteiger partial charge < -0.3 is 24.4 Å². The van der Waals surface area contributed by atoms with Crippen LogP contribution in [-0.2, 0) is 11.3 Å². The van der Waals surface area contributed by atoms with Crippen molar-refractivity contribution in [1.29, 1.82) is 0 Å². The zero-order valence-corrected chi connectivity index (χ0v) is 14.1. The Bertz CT molecular complexity index is 643. The highest BCUT2D eigenvalue weighted by atomic mass is 32.1. The third-order valence-electron chi connectivity index (χ3n) is 3.62. The Labute approximate surface area is 139 Å². The summed E-state index contributed by atoms with van der Waals surface area (Å²) < 4.78 is 20.5. The third-order valence-corrected chi connectivity index (χ3v) is 4.29. The van der Waals surface area contributed by atoms with Gasteiger partial charge in [-0.3, -0.25) is 0 Å². The van der Waals surface area contributed by atoms with Crippen LogP contribution in [-0.4, -0.2) is 49.9 Å². The van der Waals surface area contributed by atoms with Gasteiger partial charge >= 0.3 is 0 Å². The van der Waals surface area contributed by atoms with Crippen molar-refractivity contribution in [3.63, 3.8) is 0 Å². The summed E-state index contributed by atoms with van der Waals surface area (Å²) >= 11 is 1.36. The summed E-state index contributed by atoms with van der Waals surface area (Å²) in [6.07, 6.45) is 0. The molecule has 1 aliphatic rings. The fourth-order valence-corrected chi connectivity index (χ4v) is 3.03. The second kappa shape index (κ2) is 7.47. The molecule has 124 valence electrons. The molecule has 1 saturated heterocycles. The summed E-state index contributed by atoms with van der Waals surface area (Å²) in [5.74, 6) is 2.22. The van der Waals surface area contributed by atoms with Gasteiger partial charge in [0.25, 0.3) is 0 Å². The van der Waals surface area contributed by atoms with Crippen LogP contribution in [0.1, 0.15) is 5.56 Å². The van der Waals surface area contributed by atoms with Crippen LogP contribution in [0.5, 0.6) is 11.5 Å². The van der Waals surface area contributed by atoms with Crippen molar-refractivity contribution in [2.75, 3.05) is 50.7 Å². The highest BCUT2D eigenvalue weighted by molar-refractivity contribution is 7.09. The number of rotatable bonds is 6. The number of morpholine rings is 1. The minimum absolute atomic E-state index is 0.595. The highest BCUT2D eigenvalue weighted by Crippen LogP contribution is 2.31. The molecule has 1 aromatic heterocycles. The zero-order valence-electron chi connectivity index (χ0n) is 13.2. The van der Waals surface area contributed by atoms with Crippen molar-refractivity contribution < 1.29 is 14.2 Å². The number of benzene rings is 1. The van der Waals surface area contributed by atoms with E-state index in [2.05, 4.69) is 19.6 Å². The Morgan fingerprint density at radius 2 is 2.09 bits per heavy atom. The van der Waals surface area contributed by atoms with Crippen LogP contribution in [0.15, 0.2) is 18.2 Å². The first kappa shape index (κ1) is 15.8. The van der Waals surface area contributed by atoms with Gasteiger partial charge in [0, 0.05) is 36.7 Å². The van der Waals surface area contributed by atoms with Gasteiger partial charge in [0.2, 0.25) is 11.1 Å². The topological polar surface area (TPSA) is 68.7 Å². The number of anilines is 2. The van der Waals surface area contributed by atoms with Crippen LogP contribution in [0.3, 0.4) is 0 Å². The Morgan fingerprint density at radius 3 is 2.83 bits per heavy atom. The second-order valence-corrected chi connectivity index (χ2v) is 5.76. The summed E-state index contributed by atoms with van der Waals surface area (Å²) in [4.78, 5) is 6.68. The second-order valence-electron chi connectivity index (χ2n) is 5.01. The van der Waals surface area contributed by atoms with E-state index in [4.69, 9.17) is 14.2 Å². The number of nitrogens with zero attached hydrogens (tertiary/aromatic N) is 3. The average molecular weight is 336 g/mol. The maximum absolute atomic E-state index is 5.44. The van der Waals surface area contributed by atoms with Crippen molar-refractivity contribution in [3.8, 4) is 11.5 Å². The van der Waals surface area contributed by atoms with E-state index in [1.807, 2.05) is 18.2 Å². The minimum atomic E-state index is 0.595. The molecule has 2 heterocycles. The molecular formula is C15H20N4O3S. The molecule has 1 N–H and O–H groups in total. The van der Waals surface area contributed by atoms with E-state index in [0.29, 0.717) is 6.54 Å². The minimum Gasteiger partial charge on any atom is -0.493 e. The van der Waals surface area contributed by atoms with E-state index >= 15 is 0 Å². The van der Waals surface area contributed by atoms with E-state index in [1.165, 1.54) is 11.5 Å². The SMILES string of the molecule is COc1cccc(CNc2nc(N3CCOCC3)ns2)c1OC. The number of aromatic nitrogens is 2. The van der Waals surface area contributed by atoms with Gasteiger partial charge in [-0.15, -0.1) is 0 Å². The van der Waals surface area contributed by atoms with E-state index < -0.39 is 0 Å². The highest BCUT2D eigenvalue weighted by Gasteiger charge is 2.16. The lowest BCUT2D eigenvalue weighted by Crippen LogP contribution is -2.36. The quantitative estimate of drug-likeness (QED) is 0.865. The maximum atomic E-state index is 5.44. The molecule has 0 bridgehead atoms. The van der Waals surface area contributed by atoms with Crippen molar-refractivity contribution in [2.24, 2.45) is 0 Å². The van der Waals surface area contributed by atoms with Crippen LogP contribution in [0.25, 0.3) is 0 Å². The summed E-state index contributed by atoms with van der Waals surface area (Å²) in [6.45, 7) is 3.71. The van der Waals surface area contributed by atoms with Gasteiger partial charge in [-0.1, -0.05) is 12.1 Å². The summed E-state index contributed by atoms with van der Waals surface area (Å²) in [5, 5.41) is 4.09. The molecule has 7 nitrogen and oxygen atoms in total. The molecule has 1 aliphatic heterocycles. The zero-order chi connectivity index (χ0) is 16.1. The Hall–Kier alpha value is -2.06. The first-order valence-corrected chi connectivity index (χ1v) is 8.19. The van der Waals surface area contributed by atoms with Gasteiger partial charge in [0.15, 0.2) is 11.5 Å². The first-order chi connectivity index (χ1) is 11.3. The lowest BCUT2D eigenvalue weighted by Gasteiger charge is -2.25. The largest absolute Gasteiger partial charge is 0.493 e. The monoisotopic (exact) mass is 336 g/mol. The van der Waals surface area contributed by atoms with Crippen molar-refractivity contribution >= 4 is 22.6 Å². The molecule has 2 aromatic rings. The number of hydrogen-bond acceptors (Lipinski definition) is 8. The molecule has 8 heteroatoms. The van der Waals surface area contributed by atoms with E-state index in [1.54, 1.807) is 14.2 Å². The number of ether oxygens (including phenoxy) is 3. The molecule has 23 heavy (non-hydrogen) atoms. The van der Waals surface area contributed by atoms with Gasteiger partial charge in [0.1, 0.15) is 0 Å². The van der Waals surface area contributed by atoms with E-state index in [9.17, 15) is 0 Å². The summed E-state index contributed by atoms with van der Waals surface area (Å²) in [5.41, 5.74) is 1.01. The first-order valence-electron chi connectivity index (χ1n) is 7.42. The number of para-hydroxylation sites is 1. The lowest BCUT2D eigenvalue weighted by atomic mass is 10.2. The number of nitrogens with one attached hydrogen (secondary N) is 1. The smallest absolute Gasteiger partial charge is 0.239 e. The fourth-order valence-electron chi connectivity index (χ4n) is 2.44. The van der Waals surface area contributed by atoms with Crippen LogP contribution in [0, 0.1) is 0 Å². The molecule has 0 amide bonds. The van der Waals surface area contributed by atoms with Crippen LogP contribution in [0.4, 0.5) is 11.1 Å². The van der Waals surface area contributed by atoms with Crippen LogP contribution >= 0.6 is 11.5 Å². The van der Waals surface area contributed by atoms with E-state index in [0.717, 1.165) is 54.4 Å². The molecule has 1 fully saturated rings. The fraction of sp³-hybridized carbons (Fsp3) is 0.467. The third kappa shape index (κ3) is 3.65. The van der Waals surface area contributed by atoms with Gasteiger partial charge in [-0.05, 0) is 6.07 Å². The molecule has 0 saturated carbocycles. The Kier molecular flexibility index (Phi) is 5.14. The standard InChI is InChI=1S/C15H20N4O3S/c1-20-12-5-3-4-11(13(12)21-2)10-16-15-17-14(18-23-15)19-6-8-22-9-7-19/h3-5H,6-10H2,1-2H3,(H,16,17,18). The molecule has 0 atom stereocenters. The van der Waals surface area contributed by atoms with Gasteiger partial charge in [-0.25, -0.2) is 0 Å². The Morgan fingerprint density at radius 1 is 1.26 bits per heavy atom.